The smallest absolute Gasteiger partial charge is 0.418 e. The third-order valence-corrected chi connectivity index (χ3v) is 16.9. The summed E-state index contributed by atoms with van der Waals surface area (Å²) in [5.74, 6) is 1.79. The molecule has 1 aromatic heterocycles. The number of ketones is 1. The summed E-state index contributed by atoms with van der Waals surface area (Å²) < 4.78 is 43.7. The summed E-state index contributed by atoms with van der Waals surface area (Å²) in [7, 11) is 0. The molecule has 0 aromatic carbocycles. The van der Waals surface area contributed by atoms with Crippen LogP contribution in [0.2, 0.25) is 0 Å². The van der Waals surface area contributed by atoms with E-state index >= 15 is 0 Å². The number of hydrogen-bond donors (Lipinski definition) is 6. The van der Waals surface area contributed by atoms with Gasteiger partial charge in [-0.25, -0.2) is 4.79 Å². The zero-order valence-corrected chi connectivity index (χ0v) is 35.1. The van der Waals surface area contributed by atoms with Crippen molar-refractivity contribution in [2.24, 2.45) is 52.3 Å². The van der Waals surface area contributed by atoms with Crippen molar-refractivity contribution in [2.45, 2.75) is 165 Å². The van der Waals surface area contributed by atoms with Gasteiger partial charge in [-0.15, -0.1) is 0 Å². The fourth-order valence-electron chi connectivity index (χ4n) is 13.7. The molecule has 4 aliphatic heterocycles. The van der Waals surface area contributed by atoms with Crippen LogP contribution in [0.5, 0.6) is 0 Å². The van der Waals surface area contributed by atoms with E-state index in [1.165, 1.54) is 12.4 Å². The fourth-order valence-corrected chi connectivity index (χ4v) is 13.7. The quantitative estimate of drug-likeness (QED) is 0.216. The van der Waals surface area contributed by atoms with Crippen LogP contribution in [-0.2, 0) is 38.0 Å². The number of ether oxygens (including phenoxy) is 7. The Morgan fingerprint density at radius 1 is 0.850 bits per heavy atom. The maximum absolute atomic E-state index is 14.5. The second-order valence-corrected chi connectivity index (χ2v) is 20.2. The first kappa shape index (κ1) is 43.2. The number of aliphatic hydroxyl groups is 6. The molecular formula is C44H65NO15. The van der Waals surface area contributed by atoms with Gasteiger partial charge in [-0.1, -0.05) is 27.7 Å². The standard InChI is InChI=1S/C44H65NO15/c1-21-9-12-44(55-19-21)22(2)31-28(60-44)16-26-25-8-7-23-15-24(10-11-42(23,3)32(25)27(47)17-43(26,31)4)56-39-37(52)35(50)38(29(18-46)57-39)59-40-36(51)34(49)33(48)30(58-40)20-54-41(53)45-13-5-6-14-45/h5-6,13-14,21-26,28-40,46,48-52H,7-12,15-20H2,1-4H3/t21-,22+,23+,24+,25?,26?,28?,29+,30+,31?,32?,33-,34+,35-,36+,37+,38-,39-,40+,42+,43+,44-/m1/s1. The molecule has 4 saturated heterocycles. The van der Waals surface area contributed by atoms with Gasteiger partial charge in [0.2, 0.25) is 0 Å². The van der Waals surface area contributed by atoms with Crippen molar-refractivity contribution >= 4 is 11.9 Å². The van der Waals surface area contributed by atoms with E-state index < -0.39 is 86.5 Å². The number of nitrogens with zero attached hydrogens (tertiary/aromatic N) is 1. The van der Waals surface area contributed by atoms with Crippen LogP contribution in [0.3, 0.4) is 0 Å². The van der Waals surface area contributed by atoms with E-state index in [1.54, 1.807) is 12.1 Å². The topological polar surface area (TPSA) is 225 Å². The van der Waals surface area contributed by atoms with Crippen molar-refractivity contribution < 1.29 is 73.4 Å². The van der Waals surface area contributed by atoms with Gasteiger partial charge in [0.05, 0.1) is 25.4 Å². The van der Waals surface area contributed by atoms with Crippen molar-refractivity contribution in [3.63, 3.8) is 0 Å². The number of aromatic nitrogens is 1. The Labute approximate surface area is 350 Å². The van der Waals surface area contributed by atoms with Gasteiger partial charge in [0.25, 0.3) is 0 Å². The highest BCUT2D eigenvalue weighted by Crippen LogP contribution is 2.70. The molecule has 16 nitrogen and oxygen atoms in total. The molecule has 0 amide bonds. The number of aliphatic hydroxyl groups excluding tert-OH is 6. The second-order valence-electron chi connectivity index (χ2n) is 20.2. The average Bonchev–Trinajstić information content (AvgIpc) is 3.93. The molecule has 0 radical (unpaired) electrons. The highest BCUT2D eigenvalue weighted by molar-refractivity contribution is 5.84. The van der Waals surface area contributed by atoms with Gasteiger partial charge in [0, 0.05) is 37.1 Å². The van der Waals surface area contributed by atoms with E-state index in [0.29, 0.717) is 48.7 Å². The van der Waals surface area contributed by atoms with E-state index in [4.69, 9.17) is 33.2 Å². The van der Waals surface area contributed by atoms with Crippen LogP contribution in [0, 0.1) is 52.3 Å². The Balaban J connectivity index is 0.819. The molecule has 6 N–H and O–H groups in total. The minimum absolute atomic E-state index is 0.0387. The number of fused-ring (bicyclic) bond motifs is 7. The molecule has 22 atom stereocenters. The number of carbonyl (C=O) groups is 2. The second kappa shape index (κ2) is 16.2. The van der Waals surface area contributed by atoms with Gasteiger partial charge in [-0.3, -0.25) is 9.36 Å². The molecular weight excluding hydrogens is 782 g/mol. The molecule has 5 unspecified atom stereocenters. The lowest BCUT2D eigenvalue weighted by Crippen LogP contribution is -2.65. The molecule has 16 heteroatoms. The molecule has 1 spiro atoms. The Bertz CT molecular complexity index is 1700. The number of rotatable bonds is 7. The van der Waals surface area contributed by atoms with Crippen LogP contribution in [0.1, 0.15) is 85.5 Å². The third kappa shape index (κ3) is 7.03. The zero-order chi connectivity index (χ0) is 42.5. The molecule has 4 saturated carbocycles. The maximum atomic E-state index is 14.5. The molecule has 5 heterocycles. The maximum Gasteiger partial charge on any atom is 0.418 e. The van der Waals surface area contributed by atoms with Crippen molar-refractivity contribution in [1.29, 1.82) is 0 Å². The van der Waals surface area contributed by atoms with Gasteiger partial charge >= 0.3 is 6.09 Å². The molecule has 8 aliphatic rings. The van der Waals surface area contributed by atoms with Crippen molar-refractivity contribution in [3.05, 3.63) is 24.5 Å². The third-order valence-electron chi connectivity index (χ3n) is 16.9. The summed E-state index contributed by atoms with van der Waals surface area (Å²) in [6.45, 7) is 8.74. The van der Waals surface area contributed by atoms with Crippen LogP contribution in [0.25, 0.3) is 0 Å². The van der Waals surface area contributed by atoms with Crippen LogP contribution in [-0.4, -0.2) is 146 Å². The summed E-state index contributed by atoms with van der Waals surface area (Å²) in [5.41, 5.74) is -0.325. The summed E-state index contributed by atoms with van der Waals surface area (Å²) in [4.78, 5) is 26.9. The minimum Gasteiger partial charge on any atom is -0.446 e. The van der Waals surface area contributed by atoms with E-state index in [1.807, 2.05) is 0 Å². The predicted octanol–water partition coefficient (Wildman–Crippen LogP) is 2.12. The zero-order valence-electron chi connectivity index (χ0n) is 35.1. The Morgan fingerprint density at radius 2 is 1.57 bits per heavy atom. The summed E-state index contributed by atoms with van der Waals surface area (Å²) >= 11 is 0. The van der Waals surface area contributed by atoms with Crippen LogP contribution in [0.15, 0.2) is 24.5 Å². The molecule has 336 valence electrons. The first-order valence-corrected chi connectivity index (χ1v) is 22.4. The first-order valence-electron chi connectivity index (χ1n) is 22.4. The van der Waals surface area contributed by atoms with Gasteiger partial charge in [-0.2, -0.15) is 0 Å². The highest BCUT2D eigenvalue weighted by Gasteiger charge is 2.71. The summed E-state index contributed by atoms with van der Waals surface area (Å²) in [6, 6.07) is 3.24. The Morgan fingerprint density at radius 3 is 2.28 bits per heavy atom. The summed E-state index contributed by atoms with van der Waals surface area (Å²) in [5, 5.41) is 64.9. The molecule has 8 fully saturated rings. The first-order chi connectivity index (χ1) is 28.6. The van der Waals surface area contributed by atoms with Gasteiger partial charge in [-0.05, 0) is 97.5 Å². The van der Waals surface area contributed by atoms with Gasteiger partial charge in [0.1, 0.15) is 61.2 Å². The Hall–Kier alpha value is -2.06. The average molecular weight is 848 g/mol. The SMILES string of the molecule is C[C@@H]1CC[C@@]2(OC1)OC1CC3C4CC[C@H]5C[C@@H](O[C@@H]6O[C@@H](CO)[C@@H](O[C@@H]7O[C@@H](COC(=O)n8cccc8)[C@@H](O)[C@H](O)[C@@H]7O)[C@H](O)[C@@H]6O)CC[C@]5(C)C4C(=O)C[C@]3(C)C1[C@@H]2C. The normalized spacial score (nSPS) is 52.6. The molecule has 60 heavy (non-hydrogen) atoms. The Kier molecular flexibility index (Phi) is 11.7. The molecule has 4 aliphatic carbocycles. The van der Waals surface area contributed by atoms with E-state index in [9.17, 15) is 40.2 Å². The van der Waals surface area contributed by atoms with Crippen molar-refractivity contribution in [3.8, 4) is 0 Å². The van der Waals surface area contributed by atoms with Crippen molar-refractivity contribution in [1.82, 2.24) is 4.57 Å². The van der Waals surface area contributed by atoms with Gasteiger partial charge < -0.3 is 63.8 Å². The van der Waals surface area contributed by atoms with Crippen LogP contribution < -0.4 is 0 Å². The van der Waals surface area contributed by atoms with E-state index in [0.717, 1.165) is 49.7 Å². The lowest BCUT2D eigenvalue weighted by atomic mass is 9.44. The largest absolute Gasteiger partial charge is 0.446 e. The summed E-state index contributed by atoms with van der Waals surface area (Å²) in [6.07, 6.45) is -6.08. The van der Waals surface area contributed by atoms with Crippen LogP contribution >= 0.6 is 0 Å². The number of Topliss-reactive ketones (excluding diaryl/α,β-unsaturated/α-hetero) is 1. The lowest BCUT2D eigenvalue weighted by Gasteiger charge is -2.60. The molecule has 9 rings (SSSR count). The predicted molar refractivity (Wildman–Crippen MR) is 207 cm³/mol. The monoisotopic (exact) mass is 847 g/mol. The van der Waals surface area contributed by atoms with E-state index in [2.05, 4.69) is 27.7 Å². The number of carbonyl (C=O) groups excluding carboxylic acids is 2. The van der Waals surface area contributed by atoms with E-state index in [-0.39, 0.29) is 40.8 Å². The number of hydrogen-bond acceptors (Lipinski definition) is 15. The van der Waals surface area contributed by atoms with Crippen molar-refractivity contribution in [2.75, 3.05) is 19.8 Å². The lowest BCUT2D eigenvalue weighted by molar-refractivity contribution is -0.364. The van der Waals surface area contributed by atoms with Crippen LogP contribution in [0.4, 0.5) is 4.79 Å². The molecule has 1 aromatic rings. The highest BCUT2D eigenvalue weighted by atomic mass is 16.7. The minimum atomic E-state index is -1.80. The molecule has 0 bridgehead atoms. The fraction of sp³-hybridized carbons (Fsp3) is 0.864. The van der Waals surface area contributed by atoms with Gasteiger partial charge in [0.15, 0.2) is 18.4 Å².